The maximum atomic E-state index is 13.1. The van der Waals surface area contributed by atoms with Crippen molar-refractivity contribution in [2.75, 3.05) is 19.8 Å². The summed E-state index contributed by atoms with van der Waals surface area (Å²) in [5, 5.41) is 3.33. The Morgan fingerprint density at radius 1 is 1.58 bits per heavy atom. The average molecular weight is 332 g/mol. The number of nitrogens with one attached hydrogen (secondary N) is 1. The molecule has 0 bridgehead atoms. The van der Waals surface area contributed by atoms with Gasteiger partial charge < -0.3 is 14.8 Å². The number of rotatable bonds is 6. The first-order valence-electron chi connectivity index (χ1n) is 6.52. The molecule has 0 aromatic heterocycles. The third-order valence-electron chi connectivity index (χ3n) is 3.12. The Bertz CT molecular complexity index is 410. The summed E-state index contributed by atoms with van der Waals surface area (Å²) in [5.41, 5.74) is 0.913. The molecule has 1 saturated heterocycles. The van der Waals surface area contributed by atoms with Gasteiger partial charge in [0.05, 0.1) is 19.3 Å². The highest BCUT2D eigenvalue weighted by Gasteiger charge is 2.16. The molecule has 0 spiro atoms. The lowest BCUT2D eigenvalue weighted by Gasteiger charge is -2.17. The summed E-state index contributed by atoms with van der Waals surface area (Å²) in [6.45, 7) is 4.80. The van der Waals surface area contributed by atoms with Crippen LogP contribution >= 0.6 is 15.9 Å². The summed E-state index contributed by atoms with van der Waals surface area (Å²) >= 11 is 3.42. The van der Waals surface area contributed by atoms with Crippen molar-refractivity contribution in [2.24, 2.45) is 0 Å². The molecule has 1 fully saturated rings. The fraction of sp³-hybridized carbons (Fsp3) is 0.571. The Balaban J connectivity index is 1.73. The third kappa shape index (κ3) is 4.84. The second-order valence-electron chi connectivity index (χ2n) is 4.84. The van der Waals surface area contributed by atoms with E-state index in [2.05, 4.69) is 28.2 Å². The minimum atomic E-state index is -0.216. The minimum absolute atomic E-state index is 0.216. The molecule has 2 atom stereocenters. The SMILES string of the molecule is C[C@@H](CO[C@H]1CCOC1)NCc1cc(F)ccc1Br. The van der Waals surface area contributed by atoms with Crippen LogP contribution in [0.2, 0.25) is 0 Å². The summed E-state index contributed by atoms with van der Waals surface area (Å²) in [6, 6.07) is 4.93. The quantitative estimate of drug-likeness (QED) is 0.869. The monoisotopic (exact) mass is 331 g/mol. The average Bonchev–Trinajstić information content (AvgIpc) is 2.90. The molecule has 1 N–H and O–H groups in total. The first kappa shape index (κ1) is 14.9. The normalized spacial score (nSPS) is 20.7. The number of halogens is 2. The molecule has 2 rings (SSSR count). The van der Waals surface area contributed by atoms with Crippen LogP contribution < -0.4 is 5.32 Å². The Hall–Kier alpha value is -0.490. The Labute approximate surface area is 121 Å². The Kier molecular flexibility index (Phi) is 5.76. The molecule has 1 aromatic carbocycles. The van der Waals surface area contributed by atoms with Gasteiger partial charge in [0.2, 0.25) is 0 Å². The highest BCUT2D eigenvalue weighted by molar-refractivity contribution is 9.10. The van der Waals surface area contributed by atoms with Crippen LogP contribution in [-0.4, -0.2) is 32.0 Å². The van der Waals surface area contributed by atoms with Gasteiger partial charge in [0.1, 0.15) is 5.82 Å². The van der Waals surface area contributed by atoms with Gasteiger partial charge >= 0.3 is 0 Å². The van der Waals surface area contributed by atoms with Gasteiger partial charge in [0.25, 0.3) is 0 Å². The van der Waals surface area contributed by atoms with Crippen molar-refractivity contribution in [2.45, 2.75) is 32.0 Å². The van der Waals surface area contributed by atoms with Crippen molar-refractivity contribution in [1.82, 2.24) is 5.32 Å². The zero-order valence-electron chi connectivity index (χ0n) is 11.0. The first-order chi connectivity index (χ1) is 9.15. The third-order valence-corrected chi connectivity index (χ3v) is 3.89. The van der Waals surface area contributed by atoms with Crippen molar-refractivity contribution in [3.05, 3.63) is 34.1 Å². The van der Waals surface area contributed by atoms with E-state index in [9.17, 15) is 4.39 Å². The van der Waals surface area contributed by atoms with E-state index < -0.39 is 0 Å². The molecule has 1 aromatic rings. The molecule has 0 aliphatic carbocycles. The lowest BCUT2D eigenvalue weighted by atomic mass is 10.2. The van der Waals surface area contributed by atoms with E-state index in [1.807, 2.05) is 0 Å². The van der Waals surface area contributed by atoms with Crippen molar-refractivity contribution in [3.8, 4) is 0 Å². The van der Waals surface area contributed by atoms with E-state index >= 15 is 0 Å². The zero-order valence-corrected chi connectivity index (χ0v) is 12.6. The summed E-state index contributed by atoms with van der Waals surface area (Å²) in [7, 11) is 0. The molecule has 0 amide bonds. The summed E-state index contributed by atoms with van der Waals surface area (Å²) < 4.78 is 25.0. The predicted molar refractivity (Wildman–Crippen MR) is 75.6 cm³/mol. The first-order valence-corrected chi connectivity index (χ1v) is 7.31. The molecule has 1 heterocycles. The van der Waals surface area contributed by atoms with Gasteiger partial charge in [-0.3, -0.25) is 0 Å². The molecule has 0 saturated carbocycles. The van der Waals surface area contributed by atoms with Gasteiger partial charge in [-0.25, -0.2) is 4.39 Å². The van der Waals surface area contributed by atoms with Gasteiger partial charge in [-0.2, -0.15) is 0 Å². The minimum Gasteiger partial charge on any atom is -0.379 e. The molecule has 106 valence electrons. The molecule has 3 nitrogen and oxygen atoms in total. The largest absolute Gasteiger partial charge is 0.379 e. The highest BCUT2D eigenvalue weighted by Crippen LogP contribution is 2.17. The smallest absolute Gasteiger partial charge is 0.123 e. The van der Waals surface area contributed by atoms with E-state index in [1.165, 1.54) is 12.1 Å². The number of hydrogen-bond acceptors (Lipinski definition) is 3. The van der Waals surface area contributed by atoms with E-state index in [1.54, 1.807) is 6.07 Å². The maximum Gasteiger partial charge on any atom is 0.123 e. The van der Waals surface area contributed by atoms with Crippen LogP contribution in [0.15, 0.2) is 22.7 Å². The summed E-state index contributed by atoms with van der Waals surface area (Å²) in [5.74, 6) is -0.216. The van der Waals surface area contributed by atoms with Crippen LogP contribution in [0.5, 0.6) is 0 Å². The number of benzene rings is 1. The summed E-state index contributed by atoms with van der Waals surface area (Å²) in [4.78, 5) is 0. The molecule has 0 radical (unpaired) electrons. The Morgan fingerprint density at radius 2 is 2.42 bits per heavy atom. The second-order valence-corrected chi connectivity index (χ2v) is 5.69. The van der Waals surface area contributed by atoms with E-state index in [0.29, 0.717) is 19.8 Å². The standard InChI is InChI=1S/C14H19BrFNO2/c1-10(8-19-13-4-5-18-9-13)17-7-11-6-12(16)2-3-14(11)15/h2-3,6,10,13,17H,4-5,7-9H2,1H3/t10-,13-/m0/s1. The molecular weight excluding hydrogens is 313 g/mol. The van der Waals surface area contributed by atoms with Crippen LogP contribution in [0.1, 0.15) is 18.9 Å². The highest BCUT2D eigenvalue weighted by atomic mass is 79.9. The molecule has 1 aliphatic rings. The molecule has 0 unspecified atom stereocenters. The van der Waals surface area contributed by atoms with Crippen molar-refractivity contribution < 1.29 is 13.9 Å². The second kappa shape index (κ2) is 7.33. The lowest BCUT2D eigenvalue weighted by Crippen LogP contribution is -2.32. The molecular formula is C14H19BrFNO2. The van der Waals surface area contributed by atoms with Gasteiger partial charge in [-0.05, 0) is 37.1 Å². The van der Waals surface area contributed by atoms with Crippen LogP contribution in [0.4, 0.5) is 4.39 Å². The zero-order chi connectivity index (χ0) is 13.7. The van der Waals surface area contributed by atoms with Gasteiger partial charge in [0, 0.05) is 23.7 Å². The fourth-order valence-corrected chi connectivity index (χ4v) is 2.33. The van der Waals surface area contributed by atoms with Crippen LogP contribution in [0, 0.1) is 5.82 Å². The van der Waals surface area contributed by atoms with Crippen molar-refractivity contribution in [3.63, 3.8) is 0 Å². The van der Waals surface area contributed by atoms with Crippen LogP contribution in [0.3, 0.4) is 0 Å². The maximum absolute atomic E-state index is 13.1. The van der Waals surface area contributed by atoms with Crippen molar-refractivity contribution >= 4 is 15.9 Å². The van der Waals surface area contributed by atoms with Crippen molar-refractivity contribution in [1.29, 1.82) is 0 Å². The van der Waals surface area contributed by atoms with Gasteiger partial charge in [0.15, 0.2) is 0 Å². The van der Waals surface area contributed by atoms with Crippen LogP contribution in [-0.2, 0) is 16.0 Å². The van der Waals surface area contributed by atoms with E-state index in [0.717, 1.165) is 23.1 Å². The fourth-order valence-electron chi connectivity index (χ4n) is 1.95. The van der Waals surface area contributed by atoms with Gasteiger partial charge in [-0.15, -0.1) is 0 Å². The predicted octanol–water partition coefficient (Wildman–Crippen LogP) is 2.87. The van der Waals surface area contributed by atoms with E-state index in [4.69, 9.17) is 9.47 Å². The van der Waals surface area contributed by atoms with E-state index in [-0.39, 0.29) is 18.0 Å². The number of ether oxygens (including phenoxy) is 2. The summed E-state index contributed by atoms with van der Waals surface area (Å²) in [6.07, 6.45) is 1.20. The topological polar surface area (TPSA) is 30.5 Å². The molecule has 1 aliphatic heterocycles. The number of hydrogen-bond donors (Lipinski definition) is 1. The lowest BCUT2D eigenvalue weighted by molar-refractivity contribution is 0.0322. The molecule has 19 heavy (non-hydrogen) atoms. The molecule has 5 heteroatoms. The Morgan fingerprint density at radius 3 is 3.16 bits per heavy atom. The van der Waals surface area contributed by atoms with Crippen LogP contribution in [0.25, 0.3) is 0 Å². The van der Waals surface area contributed by atoms with Gasteiger partial charge in [-0.1, -0.05) is 15.9 Å².